The number of para-hydroxylation sites is 1. The van der Waals surface area contributed by atoms with Crippen LogP contribution in [0.25, 0.3) is 0 Å². The number of amides is 1. The third-order valence-electron chi connectivity index (χ3n) is 4.55. The van der Waals surface area contributed by atoms with Crippen molar-refractivity contribution in [1.29, 1.82) is 0 Å². The maximum atomic E-state index is 13.4. The van der Waals surface area contributed by atoms with Crippen molar-refractivity contribution in [1.82, 2.24) is 5.32 Å². The summed E-state index contributed by atoms with van der Waals surface area (Å²) in [6.07, 6.45) is 15.1. The maximum Gasteiger partial charge on any atom is 0.303 e. The molecule has 0 saturated carbocycles. The number of carbonyl (C=O) groups excluding carboxylic acids is 1. The van der Waals surface area contributed by atoms with Crippen molar-refractivity contribution in [3.63, 3.8) is 0 Å². The molecule has 0 heterocycles. The molecule has 10 nitrogen and oxygen atoms in total. The Hall–Kier alpha value is -3.88. The molecule has 1 aromatic carbocycles. The zero-order valence-corrected chi connectivity index (χ0v) is 18.5. The highest BCUT2D eigenvalue weighted by Crippen LogP contribution is 2.30. The van der Waals surface area contributed by atoms with Crippen LogP contribution in [0.2, 0.25) is 0 Å². The van der Waals surface area contributed by atoms with Crippen LogP contribution in [0, 0.1) is 47.1 Å². The number of carboxylic acids is 1. The number of carbonyl (C=O) groups is 2. The van der Waals surface area contributed by atoms with E-state index in [4.69, 9.17) is 38.6 Å². The second kappa shape index (κ2) is 15.0. The van der Waals surface area contributed by atoms with Gasteiger partial charge in [-0.25, -0.2) is 0 Å². The van der Waals surface area contributed by atoms with Crippen molar-refractivity contribution in [3.05, 3.63) is 39.9 Å². The van der Waals surface area contributed by atoms with E-state index in [-0.39, 0.29) is 57.3 Å². The number of benzene rings is 1. The quantitative estimate of drug-likeness (QED) is 0.160. The lowest BCUT2D eigenvalue weighted by atomic mass is 9.90. The first kappa shape index (κ1) is 28.2. The molecule has 10 heteroatoms. The number of nitrogens with one attached hydrogen (secondary N) is 1. The zero-order valence-electron chi connectivity index (χ0n) is 18.5. The normalized spacial score (nSPS) is 11.4. The minimum atomic E-state index is -1.31. The number of nitro benzene ring substituents is 1. The van der Waals surface area contributed by atoms with Crippen LogP contribution >= 0.6 is 0 Å². The molecular weight excluding hydrogens is 444 g/mol. The van der Waals surface area contributed by atoms with Crippen LogP contribution in [0.1, 0.15) is 24.3 Å². The van der Waals surface area contributed by atoms with Crippen molar-refractivity contribution < 1.29 is 33.8 Å². The van der Waals surface area contributed by atoms with Crippen molar-refractivity contribution in [2.24, 2.45) is 0 Å². The van der Waals surface area contributed by atoms with Crippen LogP contribution in [0.5, 0.6) is 0 Å². The van der Waals surface area contributed by atoms with Gasteiger partial charge < -0.3 is 24.6 Å². The summed E-state index contributed by atoms with van der Waals surface area (Å²) in [5.74, 6) is 3.92. The minimum absolute atomic E-state index is 0.0683. The van der Waals surface area contributed by atoms with Gasteiger partial charge in [-0.1, -0.05) is 36.0 Å². The first-order valence-corrected chi connectivity index (χ1v) is 10.1. The van der Waals surface area contributed by atoms with E-state index >= 15 is 0 Å². The van der Waals surface area contributed by atoms with Gasteiger partial charge in [0.2, 0.25) is 5.91 Å². The highest BCUT2D eigenvalue weighted by Gasteiger charge is 2.37. The predicted octanol–water partition coefficient (Wildman–Crippen LogP) is 1.35. The molecule has 1 atom stereocenters. The van der Waals surface area contributed by atoms with E-state index in [2.05, 4.69) is 23.1 Å². The highest BCUT2D eigenvalue weighted by molar-refractivity contribution is 5.86. The second-order valence-corrected chi connectivity index (χ2v) is 7.16. The van der Waals surface area contributed by atoms with E-state index < -0.39 is 34.7 Å². The first-order valence-electron chi connectivity index (χ1n) is 10.1. The van der Waals surface area contributed by atoms with E-state index in [0.717, 1.165) is 0 Å². The number of nitro groups is 1. The van der Waals surface area contributed by atoms with Crippen molar-refractivity contribution in [2.45, 2.75) is 24.3 Å². The Bertz CT molecular complexity index is 920. The summed E-state index contributed by atoms with van der Waals surface area (Å²) in [6, 6.07) is 5.63. The van der Waals surface area contributed by atoms with Gasteiger partial charge in [-0.3, -0.25) is 19.7 Å². The number of hydrogen-bond donors (Lipinski definition) is 2. The number of nitrogens with zero attached hydrogens (tertiary/aromatic N) is 1. The molecule has 0 bridgehead atoms. The van der Waals surface area contributed by atoms with Crippen LogP contribution in [-0.2, 0) is 23.8 Å². The molecule has 0 spiro atoms. The Kier molecular flexibility index (Phi) is 12.5. The summed E-state index contributed by atoms with van der Waals surface area (Å²) in [5, 5.41) is 23.4. The zero-order chi connectivity index (χ0) is 25.4. The lowest BCUT2D eigenvalue weighted by Gasteiger charge is -2.35. The summed E-state index contributed by atoms with van der Waals surface area (Å²) >= 11 is 0. The molecule has 0 radical (unpaired) electrons. The Morgan fingerprint density at radius 2 is 1.53 bits per heavy atom. The van der Waals surface area contributed by atoms with E-state index in [0.29, 0.717) is 0 Å². The van der Waals surface area contributed by atoms with Gasteiger partial charge in [-0.05, 0) is 6.42 Å². The molecule has 2 N–H and O–H groups in total. The monoisotopic (exact) mass is 470 g/mol. The van der Waals surface area contributed by atoms with Crippen LogP contribution in [0.3, 0.4) is 0 Å². The molecule has 1 aromatic rings. The number of hydrogen-bond acceptors (Lipinski definition) is 7. The summed E-state index contributed by atoms with van der Waals surface area (Å²) in [5.41, 5.74) is -1.56. The number of ether oxygens (including phenoxy) is 3. The van der Waals surface area contributed by atoms with Crippen molar-refractivity contribution in [3.8, 4) is 37.0 Å². The van der Waals surface area contributed by atoms with E-state index in [1.54, 1.807) is 0 Å². The average Bonchev–Trinajstić information content (AvgIpc) is 2.79. The van der Waals surface area contributed by atoms with Gasteiger partial charge in [0.15, 0.2) is 0 Å². The van der Waals surface area contributed by atoms with Gasteiger partial charge in [0.05, 0.1) is 30.7 Å². The predicted molar refractivity (Wildman–Crippen MR) is 123 cm³/mol. The Morgan fingerprint density at radius 1 is 1.03 bits per heavy atom. The Labute approximate surface area is 198 Å². The van der Waals surface area contributed by atoms with Gasteiger partial charge in [-0.2, -0.15) is 0 Å². The van der Waals surface area contributed by atoms with Gasteiger partial charge in [-0.15, -0.1) is 19.3 Å². The smallest absolute Gasteiger partial charge is 0.303 e. The molecule has 0 aliphatic rings. The number of carboxylic acid groups (broad SMARTS) is 1. The molecule has 0 aliphatic heterocycles. The topological polar surface area (TPSA) is 137 Å². The molecular formula is C24H26N2O8. The third kappa shape index (κ3) is 9.32. The summed E-state index contributed by atoms with van der Waals surface area (Å²) in [7, 11) is 0. The Balaban J connectivity index is 3.36. The van der Waals surface area contributed by atoms with Gasteiger partial charge >= 0.3 is 5.97 Å². The van der Waals surface area contributed by atoms with Gasteiger partial charge in [0.1, 0.15) is 25.4 Å². The maximum absolute atomic E-state index is 13.4. The van der Waals surface area contributed by atoms with Crippen LogP contribution in [0.15, 0.2) is 24.3 Å². The van der Waals surface area contributed by atoms with E-state index in [9.17, 15) is 19.7 Å². The van der Waals surface area contributed by atoms with E-state index in [1.807, 2.05) is 0 Å². The van der Waals surface area contributed by atoms with Gasteiger partial charge in [0, 0.05) is 18.1 Å². The summed E-state index contributed by atoms with van der Waals surface area (Å²) < 4.78 is 16.3. The van der Waals surface area contributed by atoms with Crippen molar-refractivity contribution in [2.75, 3.05) is 39.6 Å². The number of aliphatic carboxylic acids is 1. The average molecular weight is 470 g/mol. The molecule has 1 unspecified atom stereocenters. The molecule has 0 fully saturated rings. The molecule has 0 aliphatic carbocycles. The molecule has 0 aromatic heterocycles. The molecule has 34 heavy (non-hydrogen) atoms. The van der Waals surface area contributed by atoms with Crippen LogP contribution in [0.4, 0.5) is 5.69 Å². The highest BCUT2D eigenvalue weighted by atomic mass is 16.6. The van der Waals surface area contributed by atoms with E-state index in [1.165, 1.54) is 24.3 Å². The fraction of sp³-hybridized carbons (Fsp3) is 0.417. The molecule has 180 valence electrons. The third-order valence-corrected chi connectivity index (χ3v) is 4.55. The van der Waals surface area contributed by atoms with Crippen LogP contribution < -0.4 is 5.32 Å². The first-order chi connectivity index (χ1) is 16.3. The largest absolute Gasteiger partial charge is 0.481 e. The second-order valence-electron chi connectivity index (χ2n) is 7.16. The number of rotatable bonds is 16. The van der Waals surface area contributed by atoms with Gasteiger partial charge in [0.25, 0.3) is 5.69 Å². The lowest BCUT2D eigenvalue weighted by Crippen LogP contribution is -2.59. The molecule has 1 rings (SSSR count). The fourth-order valence-electron chi connectivity index (χ4n) is 3.14. The summed E-state index contributed by atoms with van der Waals surface area (Å²) in [4.78, 5) is 35.5. The SMILES string of the molecule is C#CCOCC(COCC#C)(COCC#C)NC(=O)C(CCC(=O)O)c1ccccc1[N+](=O)[O-]. The molecule has 1 amide bonds. The fourth-order valence-corrected chi connectivity index (χ4v) is 3.14. The van der Waals surface area contributed by atoms with Crippen LogP contribution in [-0.4, -0.2) is 67.1 Å². The van der Waals surface area contributed by atoms with Crippen molar-refractivity contribution >= 4 is 17.6 Å². The summed E-state index contributed by atoms with van der Waals surface area (Å²) in [6.45, 7) is -0.681. The Morgan fingerprint density at radius 3 is 1.97 bits per heavy atom. The number of terminal acetylenes is 3. The minimum Gasteiger partial charge on any atom is -0.481 e. The lowest BCUT2D eigenvalue weighted by molar-refractivity contribution is -0.385. The molecule has 0 saturated heterocycles. The standard InChI is InChI=1S/C24H26N2O8/c1-4-13-32-16-24(17-33-14-5-2,18-34-15-6-3)25-23(29)20(11-12-22(27)28)19-9-7-8-10-21(19)26(30)31/h1-3,7-10,20H,11-18H2,(H,25,29)(H,27,28).